The largest absolute Gasteiger partial charge is 0.361 e. The molecule has 0 spiro atoms. The van der Waals surface area contributed by atoms with E-state index < -0.39 is 0 Å². The molecule has 1 N–H and O–H groups in total. The van der Waals surface area contributed by atoms with E-state index in [9.17, 15) is 4.79 Å². The van der Waals surface area contributed by atoms with E-state index in [0.717, 1.165) is 29.3 Å². The van der Waals surface area contributed by atoms with Crippen LogP contribution in [-0.4, -0.2) is 32.9 Å². The smallest absolute Gasteiger partial charge is 0.230 e. The quantitative estimate of drug-likeness (QED) is 0.838. The van der Waals surface area contributed by atoms with Gasteiger partial charge in [0.05, 0.1) is 17.8 Å². The lowest BCUT2D eigenvalue weighted by Crippen LogP contribution is -2.28. The number of nitrogens with one attached hydrogen (secondary N) is 1. The molecule has 0 aliphatic rings. The predicted octanol–water partition coefficient (Wildman–Crippen LogP) is 1.54. The molecule has 2 rings (SSSR count). The number of aryl methyl sites for hydroxylation is 2. The lowest BCUT2D eigenvalue weighted by atomic mass is 10.2. The summed E-state index contributed by atoms with van der Waals surface area (Å²) in [6, 6.07) is 0. The zero-order valence-electron chi connectivity index (χ0n) is 11.6. The van der Waals surface area contributed by atoms with E-state index >= 15 is 0 Å². The molecule has 0 unspecified atom stereocenters. The summed E-state index contributed by atoms with van der Waals surface area (Å²) in [5.74, 6) is 2.06. The maximum Gasteiger partial charge on any atom is 0.230 e. The van der Waals surface area contributed by atoms with E-state index in [1.165, 1.54) is 0 Å². The Morgan fingerprint density at radius 2 is 2.35 bits per heavy atom. The summed E-state index contributed by atoms with van der Waals surface area (Å²) in [7, 11) is 0. The average molecular weight is 294 g/mol. The number of aromatic nitrogens is 3. The number of imidazole rings is 1. The second-order valence-corrected chi connectivity index (χ2v) is 5.43. The first-order valence-electron chi connectivity index (χ1n) is 6.38. The first-order valence-corrected chi connectivity index (χ1v) is 7.54. The summed E-state index contributed by atoms with van der Waals surface area (Å²) in [6.45, 7) is 5.15. The third-order valence-electron chi connectivity index (χ3n) is 2.91. The fourth-order valence-electron chi connectivity index (χ4n) is 1.75. The Hall–Kier alpha value is -1.76. The molecule has 0 atom stereocenters. The molecule has 0 aliphatic carbocycles. The normalized spacial score (nSPS) is 10.7. The van der Waals surface area contributed by atoms with Gasteiger partial charge in [0.1, 0.15) is 5.76 Å². The summed E-state index contributed by atoms with van der Waals surface area (Å²) >= 11 is 1.56. The molecule has 0 radical (unpaired) electrons. The maximum absolute atomic E-state index is 11.7. The Labute approximate surface area is 121 Å². The molecule has 0 aromatic carbocycles. The van der Waals surface area contributed by atoms with Gasteiger partial charge in [-0.05, 0) is 13.8 Å². The molecule has 0 saturated heterocycles. The topological polar surface area (TPSA) is 73.0 Å². The number of amides is 1. The van der Waals surface area contributed by atoms with E-state index in [0.29, 0.717) is 12.3 Å². The van der Waals surface area contributed by atoms with Crippen LogP contribution < -0.4 is 5.32 Å². The Balaban J connectivity index is 1.63. The van der Waals surface area contributed by atoms with Gasteiger partial charge in [0, 0.05) is 36.8 Å². The summed E-state index contributed by atoms with van der Waals surface area (Å²) in [5, 5.41) is 6.78. The highest BCUT2D eigenvalue weighted by molar-refractivity contribution is 7.99. The third-order valence-corrected chi connectivity index (χ3v) is 3.87. The number of rotatable bonds is 7. The number of hydrogen-bond acceptors (Lipinski definition) is 5. The molecule has 6 nitrogen and oxygen atoms in total. The molecule has 2 aromatic heterocycles. The highest BCUT2D eigenvalue weighted by Crippen LogP contribution is 2.19. The molecule has 7 heteroatoms. The molecule has 1 amide bonds. The first kappa shape index (κ1) is 14.6. The van der Waals surface area contributed by atoms with Crippen molar-refractivity contribution in [2.24, 2.45) is 0 Å². The van der Waals surface area contributed by atoms with Gasteiger partial charge in [-0.1, -0.05) is 5.16 Å². The minimum Gasteiger partial charge on any atom is -0.361 e. The van der Waals surface area contributed by atoms with Crippen molar-refractivity contribution in [1.82, 2.24) is 20.0 Å². The highest BCUT2D eigenvalue weighted by Gasteiger charge is 2.09. The van der Waals surface area contributed by atoms with Gasteiger partial charge < -0.3 is 14.4 Å². The fraction of sp³-hybridized carbons (Fsp3) is 0.462. The van der Waals surface area contributed by atoms with Crippen molar-refractivity contribution in [2.45, 2.75) is 26.1 Å². The Morgan fingerprint density at radius 3 is 3.00 bits per heavy atom. The average Bonchev–Trinajstić information content (AvgIpc) is 3.03. The van der Waals surface area contributed by atoms with Crippen molar-refractivity contribution in [3.63, 3.8) is 0 Å². The summed E-state index contributed by atoms with van der Waals surface area (Å²) < 4.78 is 7.01. The van der Waals surface area contributed by atoms with Gasteiger partial charge in [-0.25, -0.2) is 4.98 Å². The van der Waals surface area contributed by atoms with Crippen LogP contribution in [0.1, 0.15) is 17.0 Å². The van der Waals surface area contributed by atoms with Gasteiger partial charge in [-0.2, -0.15) is 0 Å². The van der Waals surface area contributed by atoms with Crippen LogP contribution in [0.4, 0.5) is 0 Å². The zero-order valence-corrected chi connectivity index (χ0v) is 12.4. The van der Waals surface area contributed by atoms with Gasteiger partial charge >= 0.3 is 0 Å². The molecule has 2 aromatic rings. The number of hydrogen-bond donors (Lipinski definition) is 1. The maximum atomic E-state index is 11.7. The SMILES string of the molecule is Cc1noc(C)c1CSCC(=O)NCCn1ccnc1. The number of nitrogens with zero attached hydrogens (tertiary/aromatic N) is 3. The van der Waals surface area contributed by atoms with Gasteiger partial charge in [0.2, 0.25) is 5.91 Å². The van der Waals surface area contributed by atoms with Crippen LogP contribution in [0.3, 0.4) is 0 Å². The lowest BCUT2D eigenvalue weighted by Gasteiger charge is -2.05. The van der Waals surface area contributed by atoms with Crippen LogP contribution >= 0.6 is 11.8 Å². The number of carbonyl (C=O) groups excluding carboxylic acids is 1. The molecule has 0 saturated carbocycles. The second-order valence-electron chi connectivity index (χ2n) is 4.45. The van der Waals surface area contributed by atoms with Gasteiger partial charge in [-0.3, -0.25) is 4.79 Å². The van der Waals surface area contributed by atoms with E-state index in [2.05, 4.69) is 15.5 Å². The van der Waals surface area contributed by atoms with E-state index in [4.69, 9.17) is 4.52 Å². The summed E-state index contributed by atoms with van der Waals surface area (Å²) in [5.41, 5.74) is 1.98. The van der Waals surface area contributed by atoms with E-state index in [-0.39, 0.29) is 5.91 Å². The minimum absolute atomic E-state index is 0.0434. The molecule has 0 bridgehead atoms. The second kappa shape index (κ2) is 7.14. The summed E-state index contributed by atoms with van der Waals surface area (Å²) in [4.78, 5) is 15.6. The van der Waals surface area contributed by atoms with Crippen LogP contribution in [0.5, 0.6) is 0 Å². The monoisotopic (exact) mass is 294 g/mol. The van der Waals surface area contributed by atoms with Crippen LogP contribution in [0.2, 0.25) is 0 Å². The minimum atomic E-state index is 0.0434. The molecule has 20 heavy (non-hydrogen) atoms. The molecule has 2 heterocycles. The van der Waals surface area contributed by atoms with Crippen LogP contribution in [0, 0.1) is 13.8 Å². The van der Waals surface area contributed by atoms with Crippen molar-refractivity contribution >= 4 is 17.7 Å². The van der Waals surface area contributed by atoms with Crippen molar-refractivity contribution in [3.05, 3.63) is 35.7 Å². The number of carbonyl (C=O) groups is 1. The lowest BCUT2D eigenvalue weighted by molar-refractivity contribution is -0.118. The van der Waals surface area contributed by atoms with Gasteiger partial charge in [-0.15, -0.1) is 11.8 Å². The zero-order chi connectivity index (χ0) is 14.4. The predicted molar refractivity (Wildman–Crippen MR) is 77.4 cm³/mol. The summed E-state index contributed by atoms with van der Waals surface area (Å²) in [6.07, 6.45) is 5.33. The number of thioether (sulfide) groups is 1. The van der Waals surface area contributed by atoms with Crippen molar-refractivity contribution in [2.75, 3.05) is 12.3 Å². The molecule has 0 fully saturated rings. The molecule has 108 valence electrons. The van der Waals surface area contributed by atoms with Crippen LogP contribution in [0.25, 0.3) is 0 Å². The standard InChI is InChI=1S/C13H18N4O2S/c1-10-12(11(2)19-16-10)7-20-8-13(18)15-4-6-17-5-3-14-9-17/h3,5,9H,4,6-8H2,1-2H3,(H,15,18). The van der Waals surface area contributed by atoms with Gasteiger partial charge in [0.15, 0.2) is 0 Å². The van der Waals surface area contributed by atoms with Gasteiger partial charge in [0.25, 0.3) is 0 Å². The first-order chi connectivity index (χ1) is 9.66. The van der Waals surface area contributed by atoms with Crippen LogP contribution in [-0.2, 0) is 17.1 Å². The van der Waals surface area contributed by atoms with Crippen molar-refractivity contribution in [3.8, 4) is 0 Å². The molecular weight excluding hydrogens is 276 g/mol. The Bertz CT molecular complexity index is 531. The van der Waals surface area contributed by atoms with E-state index in [1.807, 2.05) is 24.6 Å². The highest BCUT2D eigenvalue weighted by atomic mass is 32.2. The van der Waals surface area contributed by atoms with Crippen molar-refractivity contribution in [1.29, 1.82) is 0 Å². The fourth-order valence-corrected chi connectivity index (χ4v) is 2.75. The third kappa shape index (κ3) is 4.12. The van der Waals surface area contributed by atoms with E-state index in [1.54, 1.807) is 24.3 Å². The van der Waals surface area contributed by atoms with Crippen LogP contribution in [0.15, 0.2) is 23.2 Å². The molecule has 0 aliphatic heterocycles. The van der Waals surface area contributed by atoms with Crippen molar-refractivity contribution < 1.29 is 9.32 Å². The molecular formula is C13H18N4O2S. The Kier molecular flexibility index (Phi) is 5.23. The Morgan fingerprint density at radius 1 is 1.50 bits per heavy atom.